The second-order valence-electron chi connectivity index (χ2n) is 6.14. The molecule has 2 aromatic rings. The van der Waals surface area contributed by atoms with Crippen LogP contribution in [0.25, 0.3) is 0 Å². The van der Waals surface area contributed by atoms with Crippen LogP contribution < -0.4 is 21.3 Å². The minimum Gasteiger partial charge on any atom is -0.365 e. The van der Waals surface area contributed by atoms with Crippen molar-refractivity contribution in [3.05, 3.63) is 34.0 Å². The summed E-state index contributed by atoms with van der Waals surface area (Å²) in [5.74, 6) is -0.893. The zero-order valence-corrected chi connectivity index (χ0v) is 16.2. The minimum atomic E-state index is -0.483. The number of fused-ring (bicyclic) bond motifs is 1. The number of likely N-dealkylation sites (N-methyl/N-ethyl adjacent to an activating group) is 1. The van der Waals surface area contributed by atoms with Gasteiger partial charge in [-0.15, -0.1) is 11.3 Å². The first-order valence-electron chi connectivity index (χ1n) is 8.29. The number of thiophene rings is 1. The van der Waals surface area contributed by atoms with Gasteiger partial charge in [0.1, 0.15) is 11.5 Å². The van der Waals surface area contributed by atoms with Gasteiger partial charge in [-0.05, 0) is 30.8 Å². The summed E-state index contributed by atoms with van der Waals surface area (Å²) in [5, 5.41) is 10.3. The van der Waals surface area contributed by atoms with E-state index in [1.165, 1.54) is 20.9 Å². The number of hydrogen-bond donors (Lipinski definition) is 4. The largest absolute Gasteiger partial charge is 0.365 e. The molecule has 0 bridgehead atoms. The topological polar surface area (TPSA) is 106 Å². The number of anilines is 1. The van der Waals surface area contributed by atoms with Crippen LogP contribution in [-0.4, -0.2) is 39.8 Å². The van der Waals surface area contributed by atoms with E-state index >= 15 is 0 Å². The van der Waals surface area contributed by atoms with Crippen molar-refractivity contribution in [2.45, 2.75) is 19.9 Å². The average Bonchev–Trinajstić information content (AvgIpc) is 3.16. The molecule has 0 spiro atoms. The van der Waals surface area contributed by atoms with Crippen LogP contribution in [0.1, 0.15) is 38.2 Å². The summed E-state index contributed by atoms with van der Waals surface area (Å²) >= 11 is 6.70. The number of nitrogens with zero attached hydrogens (tertiary/aromatic N) is 2. The monoisotopic (exact) mass is 393 g/mol. The molecule has 1 atom stereocenters. The summed E-state index contributed by atoms with van der Waals surface area (Å²) in [4.78, 5) is 26.7. The highest BCUT2D eigenvalue weighted by atomic mass is 32.1. The molecule has 10 heteroatoms. The second kappa shape index (κ2) is 7.52. The van der Waals surface area contributed by atoms with Crippen molar-refractivity contribution in [3.63, 3.8) is 0 Å². The Morgan fingerprint density at radius 2 is 2.27 bits per heavy atom. The van der Waals surface area contributed by atoms with Crippen molar-refractivity contribution in [2.75, 3.05) is 18.4 Å². The molecule has 138 valence electrons. The van der Waals surface area contributed by atoms with Crippen LogP contribution in [0.4, 0.5) is 5.00 Å². The van der Waals surface area contributed by atoms with Gasteiger partial charge in [-0.2, -0.15) is 5.10 Å². The van der Waals surface area contributed by atoms with Gasteiger partial charge in [-0.1, -0.05) is 0 Å². The SMILES string of the molecule is CC[NH+]1CCc2c(sc(NC(=S)NC(=O)c3ccn(C)n3)c2C(N)=O)C1. The van der Waals surface area contributed by atoms with Crippen LogP contribution in [0.3, 0.4) is 0 Å². The number of primary amides is 1. The van der Waals surface area contributed by atoms with Crippen molar-refractivity contribution < 1.29 is 14.5 Å². The number of carbonyl (C=O) groups is 2. The Labute approximate surface area is 160 Å². The summed E-state index contributed by atoms with van der Waals surface area (Å²) < 4.78 is 1.53. The Bertz CT molecular complexity index is 872. The molecular formula is C16H21N6O2S2+. The van der Waals surface area contributed by atoms with E-state index in [2.05, 4.69) is 22.7 Å². The number of nitrogens with two attached hydrogens (primary N) is 1. The first kappa shape index (κ1) is 18.5. The number of rotatable bonds is 4. The molecule has 0 aliphatic carbocycles. The van der Waals surface area contributed by atoms with Crippen molar-refractivity contribution in [3.8, 4) is 0 Å². The lowest BCUT2D eigenvalue weighted by molar-refractivity contribution is -0.913. The van der Waals surface area contributed by atoms with Crippen LogP contribution in [0, 0.1) is 0 Å². The Morgan fingerprint density at radius 3 is 2.88 bits per heavy atom. The number of aryl methyl sites for hydroxylation is 1. The number of hydrogen-bond acceptors (Lipinski definition) is 5. The molecule has 2 aromatic heterocycles. The van der Waals surface area contributed by atoms with Gasteiger partial charge >= 0.3 is 0 Å². The molecule has 2 amide bonds. The van der Waals surface area contributed by atoms with Gasteiger partial charge in [-0.3, -0.25) is 19.6 Å². The predicted octanol–water partition coefficient (Wildman–Crippen LogP) is -0.332. The second-order valence-corrected chi connectivity index (χ2v) is 7.65. The van der Waals surface area contributed by atoms with Crippen molar-refractivity contribution in [1.82, 2.24) is 15.1 Å². The molecule has 1 aliphatic rings. The third-order valence-corrected chi connectivity index (χ3v) is 5.73. The Balaban J connectivity index is 1.76. The summed E-state index contributed by atoms with van der Waals surface area (Å²) in [5.41, 5.74) is 7.34. The lowest BCUT2D eigenvalue weighted by atomic mass is 10.0. The molecule has 0 radical (unpaired) electrons. The molecule has 0 saturated heterocycles. The number of quaternary nitrogens is 1. The minimum absolute atomic E-state index is 0.112. The summed E-state index contributed by atoms with van der Waals surface area (Å²) in [6, 6.07) is 1.60. The lowest BCUT2D eigenvalue weighted by Crippen LogP contribution is -3.11. The maximum atomic E-state index is 12.1. The molecule has 0 saturated carbocycles. The average molecular weight is 394 g/mol. The highest BCUT2D eigenvalue weighted by Crippen LogP contribution is 2.34. The van der Waals surface area contributed by atoms with Gasteiger partial charge in [0.2, 0.25) is 0 Å². The highest BCUT2D eigenvalue weighted by molar-refractivity contribution is 7.80. The predicted molar refractivity (Wildman–Crippen MR) is 104 cm³/mol. The van der Waals surface area contributed by atoms with Gasteiger partial charge < -0.3 is 16.0 Å². The van der Waals surface area contributed by atoms with E-state index < -0.39 is 11.8 Å². The molecule has 5 N–H and O–H groups in total. The fourth-order valence-corrected chi connectivity index (χ4v) is 4.61. The fraction of sp³-hybridized carbons (Fsp3) is 0.375. The van der Waals surface area contributed by atoms with Gasteiger partial charge in [-0.25, -0.2) is 0 Å². The molecular weight excluding hydrogens is 372 g/mol. The van der Waals surface area contributed by atoms with E-state index in [-0.39, 0.29) is 10.8 Å². The molecule has 26 heavy (non-hydrogen) atoms. The van der Waals surface area contributed by atoms with Crippen molar-refractivity contribution >= 4 is 45.5 Å². The molecule has 1 unspecified atom stereocenters. The maximum Gasteiger partial charge on any atom is 0.277 e. The van der Waals surface area contributed by atoms with Crippen LogP contribution in [0.2, 0.25) is 0 Å². The third-order valence-electron chi connectivity index (χ3n) is 4.38. The van der Waals surface area contributed by atoms with E-state index in [9.17, 15) is 9.59 Å². The molecule has 8 nitrogen and oxygen atoms in total. The number of carbonyl (C=O) groups excluding carboxylic acids is 2. The van der Waals surface area contributed by atoms with E-state index in [4.69, 9.17) is 18.0 Å². The lowest BCUT2D eigenvalue weighted by Gasteiger charge is -2.22. The molecule has 3 heterocycles. The highest BCUT2D eigenvalue weighted by Gasteiger charge is 2.29. The maximum absolute atomic E-state index is 12.1. The van der Waals surface area contributed by atoms with Crippen LogP contribution in [0.5, 0.6) is 0 Å². The summed E-state index contributed by atoms with van der Waals surface area (Å²) in [7, 11) is 1.73. The zero-order valence-electron chi connectivity index (χ0n) is 14.6. The number of thiocarbonyl (C=S) groups is 1. The van der Waals surface area contributed by atoms with E-state index in [1.54, 1.807) is 19.3 Å². The first-order valence-corrected chi connectivity index (χ1v) is 9.51. The number of nitrogens with one attached hydrogen (secondary N) is 3. The fourth-order valence-electron chi connectivity index (χ4n) is 3.02. The Hall–Kier alpha value is -2.30. The molecule has 0 aromatic carbocycles. The summed E-state index contributed by atoms with van der Waals surface area (Å²) in [6.45, 7) is 5.02. The van der Waals surface area contributed by atoms with Crippen molar-refractivity contribution in [2.24, 2.45) is 12.8 Å². The quantitative estimate of drug-likeness (QED) is 0.532. The molecule has 1 aliphatic heterocycles. The smallest absolute Gasteiger partial charge is 0.277 e. The van der Waals surface area contributed by atoms with Gasteiger partial charge in [0, 0.05) is 19.7 Å². The number of amides is 2. The third kappa shape index (κ3) is 3.76. The molecule has 0 fully saturated rings. The van der Waals surface area contributed by atoms with Gasteiger partial charge in [0.15, 0.2) is 10.8 Å². The van der Waals surface area contributed by atoms with E-state index in [0.717, 1.165) is 36.5 Å². The number of aromatic nitrogens is 2. The van der Waals surface area contributed by atoms with E-state index in [0.29, 0.717) is 10.6 Å². The van der Waals surface area contributed by atoms with Crippen LogP contribution >= 0.6 is 23.6 Å². The summed E-state index contributed by atoms with van der Waals surface area (Å²) in [6.07, 6.45) is 2.48. The van der Waals surface area contributed by atoms with Crippen molar-refractivity contribution in [1.29, 1.82) is 0 Å². The van der Waals surface area contributed by atoms with Crippen LogP contribution in [0.15, 0.2) is 12.3 Å². The van der Waals surface area contributed by atoms with Crippen LogP contribution in [-0.2, 0) is 20.0 Å². The normalized spacial score (nSPS) is 16.0. The van der Waals surface area contributed by atoms with Gasteiger partial charge in [0.05, 0.1) is 23.5 Å². The first-order chi connectivity index (χ1) is 12.4. The van der Waals surface area contributed by atoms with Gasteiger partial charge in [0.25, 0.3) is 11.8 Å². The Kier molecular flexibility index (Phi) is 5.35. The zero-order chi connectivity index (χ0) is 18.8. The standard InChI is InChI=1S/C16H20N6O2S2/c1-3-22-7-4-9-11(8-22)26-15(12(9)13(17)23)19-16(25)18-14(24)10-5-6-21(2)20-10/h5-6H,3-4,7-8H2,1-2H3,(H2,17,23)(H2,18,19,24,25)/p+1. The van der Waals surface area contributed by atoms with E-state index in [1.807, 2.05) is 0 Å². The Morgan fingerprint density at radius 1 is 1.50 bits per heavy atom. The molecule has 3 rings (SSSR count).